The highest BCUT2D eigenvalue weighted by Crippen LogP contribution is 2.35. The van der Waals surface area contributed by atoms with E-state index < -0.39 is 0 Å². The number of nitrogens with zero attached hydrogens (tertiary/aromatic N) is 2. The molecule has 152 valence electrons. The zero-order chi connectivity index (χ0) is 19.8. The minimum absolute atomic E-state index is 0.0679. The summed E-state index contributed by atoms with van der Waals surface area (Å²) >= 11 is 1.49. The number of nitrogens with one attached hydrogen (secondary N) is 1. The first-order chi connectivity index (χ1) is 14.2. The lowest BCUT2D eigenvalue weighted by Gasteiger charge is -2.34. The monoisotopic (exact) mass is 413 g/mol. The summed E-state index contributed by atoms with van der Waals surface area (Å²) in [6.45, 7) is 1.85. The molecule has 0 bridgehead atoms. The Kier molecular flexibility index (Phi) is 4.87. The molecule has 1 saturated heterocycles. The van der Waals surface area contributed by atoms with Gasteiger partial charge in [0.05, 0.1) is 12.1 Å². The van der Waals surface area contributed by atoms with E-state index in [1.165, 1.54) is 17.8 Å². The molecule has 1 N–H and O–H groups in total. The Morgan fingerprint density at radius 2 is 2.03 bits per heavy atom. The fraction of sp³-hybridized carbons (Fsp3) is 0.476. The molecule has 2 aromatic rings. The summed E-state index contributed by atoms with van der Waals surface area (Å²) in [5, 5.41) is 5.62. The molecule has 1 aliphatic carbocycles. The fourth-order valence-corrected chi connectivity index (χ4v) is 4.82. The molecule has 2 amide bonds. The number of rotatable bonds is 5. The molecule has 5 rings (SSSR count). The van der Waals surface area contributed by atoms with Crippen molar-refractivity contribution in [3.63, 3.8) is 0 Å². The van der Waals surface area contributed by atoms with E-state index in [2.05, 4.69) is 10.3 Å². The quantitative estimate of drug-likeness (QED) is 0.814. The lowest BCUT2D eigenvalue weighted by Crippen LogP contribution is -2.47. The highest BCUT2D eigenvalue weighted by atomic mass is 32.1. The summed E-state index contributed by atoms with van der Waals surface area (Å²) in [5.74, 6) is 1.38. The second-order valence-corrected chi connectivity index (χ2v) is 8.56. The van der Waals surface area contributed by atoms with Gasteiger partial charge in [-0.2, -0.15) is 0 Å². The minimum atomic E-state index is -0.390. The standard InChI is InChI=1S/C21H23N3O4S/c25-19(23-16-6-7-24(21(16)26)15-2-1-3-15)11-14-12-29-20(22-14)13-4-5-17-18(10-13)28-9-8-27-17/h4-5,10,12,15-16H,1-3,6-9,11H2,(H,23,25). The number of likely N-dealkylation sites (tertiary alicyclic amines) is 1. The lowest BCUT2D eigenvalue weighted by molar-refractivity contribution is -0.135. The van der Waals surface area contributed by atoms with Gasteiger partial charge >= 0.3 is 0 Å². The average Bonchev–Trinajstić information content (AvgIpc) is 3.28. The van der Waals surface area contributed by atoms with Crippen LogP contribution >= 0.6 is 11.3 Å². The predicted octanol–water partition coefficient (Wildman–Crippen LogP) is 2.39. The number of thiazole rings is 1. The Hall–Kier alpha value is -2.61. The molecule has 7 nitrogen and oxygen atoms in total. The van der Waals surface area contributed by atoms with Gasteiger partial charge < -0.3 is 19.7 Å². The number of hydrogen-bond acceptors (Lipinski definition) is 6. The molecule has 29 heavy (non-hydrogen) atoms. The van der Waals surface area contributed by atoms with Crippen molar-refractivity contribution in [3.8, 4) is 22.1 Å². The van der Waals surface area contributed by atoms with Crippen molar-refractivity contribution in [2.75, 3.05) is 19.8 Å². The smallest absolute Gasteiger partial charge is 0.245 e. The van der Waals surface area contributed by atoms with Gasteiger partial charge in [0.2, 0.25) is 11.8 Å². The zero-order valence-corrected chi connectivity index (χ0v) is 16.9. The number of amides is 2. The zero-order valence-electron chi connectivity index (χ0n) is 16.1. The van der Waals surface area contributed by atoms with Crippen molar-refractivity contribution in [3.05, 3.63) is 29.3 Å². The van der Waals surface area contributed by atoms with Crippen LogP contribution in [0.15, 0.2) is 23.6 Å². The highest BCUT2D eigenvalue weighted by molar-refractivity contribution is 7.13. The van der Waals surface area contributed by atoms with Crippen molar-refractivity contribution >= 4 is 23.2 Å². The SMILES string of the molecule is O=C(Cc1csc(-c2ccc3c(c2)OCCO3)n1)NC1CCN(C2CCC2)C1=O. The molecule has 1 aromatic heterocycles. The third-order valence-electron chi connectivity index (χ3n) is 5.77. The summed E-state index contributed by atoms with van der Waals surface area (Å²) in [4.78, 5) is 31.5. The average molecular weight is 413 g/mol. The van der Waals surface area contributed by atoms with Gasteiger partial charge in [0.15, 0.2) is 11.5 Å². The number of benzene rings is 1. The molecule has 2 aliphatic heterocycles. The lowest BCUT2D eigenvalue weighted by atomic mass is 9.92. The molecule has 1 atom stereocenters. The molecular weight excluding hydrogens is 390 g/mol. The van der Waals surface area contributed by atoms with Gasteiger partial charge in [-0.25, -0.2) is 4.98 Å². The third kappa shape index (κ3) is 3.69. The molecule has 0 radical (unpaired) electrons. The van der Waals surface area contributed by atoms with Gasteiger partial charge in [-0.05, 0) is 43.9 Å². The third-order valence-corrected chi connectivity index (χ3v) is 6.71. The van der Waals surface area contributed by atoms with E-state index in [9.17, 15) is 9.59 Å². The Morgan fingerprint density at radius 3 is 2.83 bits per heavy atom. The predicted molar refractivity (Wildman–Crippen MR) is 108 cm³/mol. The first kappa shape index (κ1) is 18.4. The number of ether oxygens (including phenoxy) is 2. The van der Waals surface area contributed by atoms with E-state index in [-0.39, 0.29) is 24.3 Å². The second-order valence-electron chi connectivity index (χ2n) is 7.70. The van der Waals surface area contributed by atoms with Crippen LogP contribution in [0.5, 0.6) is 11.5 Å². The number of carbonyl (C=O) groups is 2. The van der Waals surface area contributed by atoms with Crippen molar-refractivity contribution in [1.29, 1.82) is 0 Å². The molecule has 2 fully saturated rings. The molecular formula is C21H23N3O4S. The Balaban J connectivity index is 1.20. The summed E-state index contributed by atoms with van der Waals surface area (Å²) in [7, 11) is 0. The molecule has 3 aliphatic rings. The van der Waals surface area contributed by atoms with Crippen LogP contribution in [-0.2, 0) is 16.0 Å². The number of fused-ring (bicyclic) bond motifs is 1. The first-order valence-corrected chi connectivity index (χ1v) is 11.0. The normalized spacial score (nSPS) is 21.2. The van der Waals surface area contributed by atoms with Crippen LogP contribution in [-0.4, -0.2) is 53.5 Å². The van der Waals surface area contributed by atoms with Crippen LogP contribution in [0.2, 0.25) is 0 Å². The van der Waals surface area contributed by atoms with Crippen LogP contribution in [0.25, 0.3) is 10.6 Å². The Morgan fingerprint density at radius 1 is 1.21 bits per heavy atom. The van der Waals surface area contributed by atoms with Crippen LogP contribution in [0.3, 0.4) is 0 Å². The maximum Gasteiger partial charge on any atom is 0.245 e. The van der Waals surface area contributed by atoms with E-state index in [0.29, 0.717) is 31.4 Å². The van der Waals surface area contributed by atoms with Crippen LogP contribution in [0.1, 0.15) is 31.4 Å². The molecule has 3 heterocycles. The summed E-state index contributed by atoms with van der Waals surface area (Å²) < 4.78 is 11.2. The fourth-order valence-electron chi connectivity index (χ4n) is 4.00. The van der Waals surface area contributed by atoms with Gasteiger partial charge in [-0.3, -0.25) is 9.59 Å². The number of hydrogen-bond donors (Lipinski definition) is 1. The van der Waals surface area contributed by atoms with Crippen molar-refractivity contribution in [2.24, 2.45) is 0 Å². The maximum atomic E-state index is 12.5. The molecule has 1 unspecified atom stereocenters. The molecule has 1 saturated carbocycles. The summed E-state index contributed by atoms with van der Waals surface area (Å²) in [6, 6.07) is 5.75. The number of aromatic nitrogens is 1. The highest BCUT2D eigenvalue weighted by Gasteiger charge is 2.38. The summed E-state index contributed by atoms with van der Waals surface area (Å²) in [6.07, 6.45) is 4.25. The maximum absolute atomic E-state index is 12.5. The summed E-state index contributed by atoms with van der Waals surface area (Å²) in [5.41, 5.74) is 1.65. The number of carbonyl (C=O) groups excluding carboxylic acids is 2. The van der Waals surface area contributed by atoms with Gasteiger partial charge in [-0.1, -0.05) is 0 Å². The van der Waals surface area contributed by atoms with Gasteiger partial charge in [-0.15, -0.1) is 11.3 Å². The molecule has 0 spiro atoms. The van der Waals surface area contributed by atoms with E-state index in [4.69, 9.17) is 9.47 Å². The first-order valence-electron chi connectivity index (χ1n) is 10.1. The van der Waals surface area contributed by atoms with Gasteiger partial charge in [0.25, 0.3) is 0 Å². The van der Waals surface area contributed by atoms with Crippen molar-refractivity contribution in [2.45, 2.75) is 44.2 Å². The van der Waals surface area contributed by atoms with Crippen LogP contribution in [0.4, 0.5) is 0 Å². The van der Waals surface area contributed by atoms with Crippen molar-refractivity contribution in [1.82, 2.24) is 15.2 Å². The van der Waals surface area contributed by atoms with Crippen LogP contribution < -0.4 is 14.8 Å². The Labute approximate surface area is 173 Å². The van der Waals surface area contributed by atoms with Gasteiger partial charge in [0.1, 0.15) is 24.3 Å². The van der Waals surface area contributed by atoms with E-state index in [1.54, 1.807) is 0 Å². The second kappa shape index (κ2) is 7.67. The minimum Gasteiger partial charge on any atom is -0.486 e. The largest absolute Gasteiger partial charge is 0.486 e. The topological polar surface area (TPSA) is 80.8 Å². The van der Waals surface area contributed by atoms with E-state index in [0.717, 1.165) is 41.5 Å². The van der Waals surface area contributed by atoms with Crippen LogP contribution in [0, 0.1) is 0 Å². The Bertz CT molecular complexity index is 940. The molecule has 1 aromatic carbocycles. The molecule has 8 heteroatoms. The van der Waals surface area contributed by atoms with E-state index in [1.807, 2.05) is 28.5 Å². The van der Waals surface area contributed by atoms with Gasteiger partial charge in [0, 0.05) is 23.5 Å². The van der Waals surface area contributed by atoms with E-state index >= 15 is 0 Å². The van der Waals surface area contributed by atoms with Crippen molar-refractivity contribution < 1.29 is 19.1 Å².